The van der Waals surface area contributed by atoms with Crippen LogP contribution in [0.1, 0.15) is 50.6 Å². The molecule has 6 heteroatoms. The second-order valence-electron chi connectivity index (χ2n) is 5.43. The van der Waals surface area contributed by atoms with Gasteiger partial charge in [-0.1, -0.05) is 5.16 Å². The fourth-order valence-electron chi connectivity index (χ4n) is 2.73. The van der Waals surface area contributed by atoms with E-state index >= 15 is 0 Å². The molecule has 6 nitrogen and oxygen atoms in total. The predicted octanol–water partition coefficient (Wildman–Crippen LogP) is 2.81. The maximum atomic E-state index is 12.3. The van der Waals surface area contributed by atoms with Crippen LogP contribution >= 0.6 is 0 Å². The van der Waals surface area contributed by atoms with Crippen LogP contribution in [-0.2, 0) is 12.8 Å². The first-order chi connectivity index (χ1) is 10.6. The lowest BCUT2D eigenvalue weighted by atomic mass is 9.96. The number of hydrogen-bond donors (Lipinski definition) is 2. The average molecular weight is 300 g/mol. The van der Waals surface area contributed by atoms with Crippen molar-refractivity contribution in [2.75, 3.05) is 5.32 Å². The van der Waals surface area contributed by atoms with Crippen LogP contribution in [-0.4, -0.2) is 22.1 Å². The summed E-state index contributed by atoms with van der Waals surface area (Å²) in [6, 6.07) is 4.68. The summed E-state index contributed by atoms with van der Waals surface area (Å²) in [5, 5.41) is 15.6. The van der Waals surface area contributed by atoms with E-state index in [1.165, 1.54) is 6.07 Å². The Morgan fingerprint density at radius 3 is 2.77 bits per heavy atom. The highest BCUT2D eigenvalue weighted by atomic mass is 16.5. The summed E-state index contributed by atoms with van der Waals surface area (Å²) >= 11 is 0. The van der Waals surface area contributed by atoms with Gasteiger partial charge in [0.1, 0.15) is 5.76 Å². The average Bonchev–Trinajstić information content (AvgIpc) is 2.91. The number of nitrogens with one attached hydrogen (secondary N) is 1. The Morgan fingerprint density at radius 2 is 2.05 bits per heavy atom. The molecule has 2 N–H and O–H groups in total. The highest BCUT2D eigenvalue weighted by molar-refractivity contribution is 6.04. The van der Waals surface area contributed by atoms with Crippen LogP contribution in [0.25, 0.3) is 0 Å². The zero-order valence-electron chi connectivity index (χ0n) is 12.2. The molecule has 0 atom stereocenters. The molecular weight excluding hydrogens is 284 g/mol. The van der Waals surface area contributed by atoms with Crippen molar-refractivity contribution in [3.63, 3.8) is 0 Å². The second-order valence-corrected chi connectivity index (χ2v) is 5.43. The molecule has 0 unspecified atom stereocenters. The minimum atomic E-state index is -0.985. The number of anilines is 1. The molecule has 1 aliphatic carbocycles. The third-order valence-corrected chi connectivity index (χ3v) is 3.88. The van der Waals surface area contributed by atoms with E-state index in [2.05, 4.69) is 10.5 Å². The summed E-state index contributed by atoms with van der Waals surface area (Å²) in [5.74, 6) is -0.510. The third kappa shape index (κ3) is 2.59. The van der Waals surface area contributed by atoms with Gasteiger partial charge in [0.05, 0.1) is 5.56 Å². The van der Waals surface area contributed by atoms with Gasteiger partial charge in [0.15, 0.2) is 5.69 Å². The van der Waals surface area contributed by atoms with E-state index in [4.69, 9.17) is 9.63 Å². The van der Waals surface area contributed by atoms with Gasteiger partial charge < -0.3 is 14.9 Å². The van der Waals surface area contributed by atoms with E-state index in [9.17, 15) is 9.59 Å². The molecule has 22 heavy (non-hydrogen) atoms. The van der Waals surface area contributed by atoms with Crippen LogP contribution in [0.5, 0.6) is 0 Å². The second kappa shape index (κ2) is 5.63. The van der Waals surface area contributed by atoms with Gasteiger partial charge in [-0.3, -0.25) is 4.79 Å². The quantitative estimate of drug-likeness (QED) is 0.909. The largest absolute Gasteiger partial charge is 0.478 e. The number of carboxylic acid groups (broad SMARTS) is 1. The molecule has 1 amide bonds. The number of carbonyl (C=O) groups excluding carboxylic acids is 1. The number of fused-ring (bicyclic) bond motifs is 1. The highest BCUT2D eigenvalue weighted by Crippen LogP contribution is 2.25. The first kappa shape index (κ1) is 14.3. The van der Waals surface area contributed by atoms with Gasteiger partial charge in [-0.05, 0) is 49.9 Å². The molecule has 1 aromatic carbocycles. The highest BCUT2D eigenvalue weighted by Gasteiger charge is 2.24. The van der Waals surface area contributed by atoms with Crippen LogP contribution in [0.3, 0.4) is 0 Å². The number of benzene rings is 1. The van der Waals surface area contributed by atoms with Gasteiger partial charge in [0.25, 0.3) is 5.91 Å². The Hall–Kier alpha value is -2.63. The lowest BCUT2D eigenvalue weighted by Crippen LogP contribution is -2.16. The molecule has 0 bridgehead atoms. The van der Waals surface area contributed by atoms with Crippen molar-refractivity contribution in [1.82, 2.24) is 5.16 Å². The van der Waals surface area contributed by atoms with Crippen molar-refractivity contribution < 1.29 is 19.2 Å². The number of rotatable bonds is 3. The SMILES string of the molecule is Cc1cc(NC(=O)c2noc3c2CCCC3)ccc1C(=O)O. The summed E-state index contributed by atoms with van der Waals surface area (Å²) < 4.78 is 5.23. The molecule has 114 valence electrons. The molecule has 0 radical (unpaired) electrons. The number of aromatic carboxylic acids is 1. The Morgan fingerprint density at radius 1 is 1.27 bits per heavy atom. The van der Waals surface area contributed by atoms with E-state index < -0.39 is 5.97 Å². The topological polar surface area (TPSA) is 92.4 Å². The number of nitrogens with zero attached hydrogens (tertiary/aromatic N) is 1. The lowest BCUT2D eigenvalue weighted by Gasteiger charge is -2.10. The molecule has 1 aliphatic rings. The Balaban J connectivity index is 1.81. The molecular formula is C16H16N2O4. The fourth-order valence-corrected chi connectivity index (χ4v) is 2.73. The molecule has 1 aromatic heterocycles. The number of aryl methyl sites for hydroxylation is 2. The zero-order chi connectivity index (χ0) is 15.7. The van der Waals surface area contributed by atoms with Crippen molar-refractivity contribution in [1.29, 1.82) is 0 Å². The number of amides is 1. The number of carboxylic acids is 1. The van der Waals surface area contributed by atoms with Crippen molar-refractivity contribution in [2.24, 2.45) is 0 Å². The number of aromatic nitrogens is 1. The van der Waals surface area contributed by atoms with Gasteiger partial charge in [0, 0.05) is 17.7 Å². The van der Waals surface area contributed by atoms with Gasteiger partial charge in [-0.15, -0.1) is 0 Å². The van der Waals surface area contributed by atoms with Crippen molar-refractivity contribution in [3.8, 4) is 0 Å². The van der Waals surface area contributed by atoms with Crippen molar-refractivity contribution >= 4 is 17.6 Å². The minimum absolute atomic E-state index is 0.219. The lowest BCUT2D eigenvalue weighted by molar-refractivity contribution is 0.0696. The number of hydrogen-bond acceptors (Lipinski definition) is 4. The summed E-state index contributed by atoms with van der Waals surface area (Å²) in [4.78, 5) is 23.3. The van der Waals surface area contributed by atoms with E-state index in [0.29, 0.717) is 16.9 Å². The smallest absolute Gasteiger partial charge is 0.335 e. The van der Waals surface area contributed by atoms with Crippen LogP contribution < -0.4 is 5.32 Å². The van der Waals surface area contributed by atoms with Gasteiger partial charge in [-0.2, -0.15) is 0 Å². The monoisotopic (exact) mass is 300 g/mol. The third-order valence-electron chi connectivity index (χ3n) is 3.88. The van der Waals surface area contributed by atoms with Crippen LogP contribution in [0, 0.1) is 6.92 Å². The minimum Gasteiger partial charge on any atom is -0.478 e. The van der Waals surface area contributed by atoms with E-state index in [0.717, 1.165) is 37.0 Å². The maximum absolute atomic E-state index is 12.3. The summed E-state index contributed by atoms with van der Waals surface area (Å²) in [6.45, 7) is 1.69. The zero-order valence-corrected chi connectivity index (χ0v) is 12.2. The van der Waals surface area contributed by atoms with Crippen molar-refractivity contribution in [3.05, 3.63) is 46.3 Å². The van der Waals surface area contributed by atoms with E-state index in [-0.39, 0.29) is 11.5 Å². The summed E-state index contributed by atoms with van der Waals surface area (Å²) in [5.41, 5.74) is 2.57. The van der Waals surface area contributed by atoms with E-state index in [1.54, 1.807) is 19.1 Å². The first-order valence-corrected chi connectivity index (χ1v) is 7.19. The molecule has 1 heterocycles. The normalized spacial score (nSPS) is 13.5. The van der Waals surface area contributed by atoms with Crippen LogP contribution in [0.2, 0.25) is 0 Å². The fraction of sp³-hybridized carbons (Fsp3) is 0.312. The molecule has 0 fully saturated rings. The van der Waals surface area contributed by atoms with Crippen LogP contribution in [0.4, 0.5) is 5.69 Å². The first-order valence-electron chi connectivity index (χ1n) is 7.19. The molecule has 0 saturated heterocycles. The summed E-state index contributed by atoms with van der Waals surface area (Å²) in [7, 11) is 0. The predicted molar refractivity (Wildman–Crippen MR) is 79.2 cm³/mol. The summed E-state index contributed by atoms with van der Waals surface area (Å²) in [6.07, 6.45) is 3.71. The Labute approximate surface area is 127 Å². The van der Waals surface area contributed by atoms with Gasteiger partial charge >= 0.3 is 5.97 Å². The van der Waals surface area contributed by atoms with Gasteiger partial charge in [0.2, 0.25) is 0 Å². The Kier molecular flexibility index (Phi) is 3.66. The number of carbonyl (C=O) groups is 2. The van der Waals surface area contributed by atoms with E-state index in [1.807, 2.05) is 0 Å². The molecule has 3 rings (SSSR count). The van der Waals surface area contributed by atoms with Gasteiger partial charge in [-0.25, -0.2) is 4.79 Å². The Bertz CT molecular complexity index is 749. The molecule has 2 aromatic rings. The molecule has 0 aliphatic heterocycles. The molecule has 0 saturated carbocycles. The maximum Gasteiger partial charge on any atom is 0.335 e. The van der Waals surface area contributed by atoms with Crippen LogP contribution in [0.15, 0.2) is 22.7 Å². The molecule has 0 spiro atoms. The van der Waals surface area contributed by atoms with Crippen molar-refractivity contribution in [2.45, 2.75) is 32.6 Å². The standard InChI is InChI=1S/C16H16N2O4/c1-9-8-10(6-7-11(9)16(20)21)17-15(19)14-12-4-2-3-5-13(12)22-18-14/h6-8H,2-5H2,1H3,(H,17,19)(H,20,21).